The van der Waals surface area contributed by atoms with E-state index < -0.39 is 17.0 Å². The van der Waals surface area contributed by atoms with Crippen LogP contribution in [0.25, 0.3) is 0 Å². The number of piperidine rings is 1. The largest absolute Gasteiger partial charge is 0.481 e. The van der Waals surface area contributed by atoms with Gasteiger partial charge in [0.05, 0.1) is 5.60 Å². The molecular formula is C11H19NO3S. The number of nitrogens with one attached hydrogen (secondary N) is 1. The Bertz CT molecular complexity index is 270. The van der Waals surface area contributed by atoms with Crippen LogP contribution in [0.4, 0.5) is 0 Å². The molecule has 0 saturated carbocycles. The van der Waals surface area contributed by atoms with Gasteiger partial charge >= 0.3 is 5.97 Å². The SMILES string of the molecule is O=C(O)C1(C2(O)CCSCC2)CCCNC1. The molecule has 3 N–H and O–H groups in total. The Kier molecular flexibility index (Phi) is 3.47. The molecule has 4 nitrogen and oxygen atoms in total. The van der Waals surface area contributed by atoms with E-state index in [2.05, 4.69) is 5.32 Å². The van der Waals surface area contributed by atoms with E-state index in [0.29, 0.717) is 25.8 Å². The average Bonchev–Trinajstić information content (AvgIpc) is 2.30. The van der Waals surface area contributed by atoms with Crippen molar-refractivity contribution in [2.75, 3.05) is 24.6 Å². The maximum Gasteiger partial charge on any atom is 0.313 e. The van der Waals surface area contributed by atoms with Gasteiger partial charge in [0.2, 0.25) is 0 Å². The number of aliphatic carboxylic acids is 1. The van der Waals surface area contributed by atoms with Gasteiger partial charge in [0.1, 0.15) is 5.41 Å². The zero-order valence-electron chi connectivity index (χ0n) is 9.37. The first kappa shape index (κ1) is 12.2. The lowest BCUT2D eigenvalue weighted by Gasteiger charge is -2.48. The quantitative estimate of drug-likeness (QED) is 0.668. The summed E-state index contributed by atoms with van der Waals surface area (Å²) in [5.41, 5.74) is -1.98. The second-order valence-electron chi connectivity index (χ2n) is 4.81. The highest BCUT2D eigenvalue weighted by molar-refractivity contribution is 7.99. The summed E-state index contributed by atoms with van der Waals surface area (Å²) in [5, 5.41) is 23.3. The van der Waals surface area contributed by atoms with E-state index >= 15 is 0 Å². The summed E-state index contributed by atoms with van der Waals surface area (Å²) < 4.78 is 0. The fraction of sp³-hybridized carbons (Fsp3) is 0.909. The first-order valence-electron chi connectivity index (χ1n) is 5.85. The molecule has 2 saturated heterocycles. The van der Waals surface area contributed by atoms with E-state index in [1.807, 2.05) is 0 Å². The Morgan fingerprint density at radius 2 is 1.94 bits per heavy atom. The molecule has 16 heavy (non-hydrogen) atoms. The Labute approximate surface area is 99.8 Å². The van der Waals surface area contributed by atoms with Crippen molar-refractivity contribution in [2.45, 2.75) is 31.3 Å². The molecule has 2 aliphatic heterocycles. The molecule has 0 aromatic carbocycles. The van der Waals surface area contributed by atoms with Gasteiger partial charge in [-0.3, -0.25) is 4.79 Å². The Morgan fingerprint density at radius 1 is 1.25 bits per heavy atom. The summed E-state index contributed by atoms with van der Waals surface area (Å²) in [4.78, 5) is 11.6. The minimum Gasteiger partial charge on any atom is -0.481 e. The molecule has 0 aromatic heterocycles. The third-order valence-electron chi connectivity index (χ3n) is 4.00. The molecule has 2 rings (SSSR count). The number of carbonyl (C=O) groups is 1. The minimum absolute atomic E-state index is 0.406. The van der Waals surface area contributed by atoms with Crippen molar-refractivity contribution >= 4 is 17.7 Å². The second kappa shape index (κ2) is 4.55. The van der Waals surface area contributed by atoms with Crippen LogP contribution in [0, 0.1) is 5.41 Å². The molecule has 0 amide bonds. The Morgan fingerprint density at radius 3 is 2.44 bits per heavy atom. The highest BCUT2D eigenvalue weighted by atomic mass is 32.2. The third-order valence-corrected chi connectivity index (χ3v) is 4.99. The van der Waals surface area contributed by atoms with E-state index in [9.17, 15) is 15.0 Å². The number of hydrogen-bond donors (Lipinski definition) is 3. The molecule has 0 aliphatic carbocycles. The van der Waals surface area contributed by atoms with Gasteiger partial charge in [0.15, 0.2) is 0 Å². The summed E-state index contributed by atoms with van der Waals surface area (Å²) in [6.07, 6.45) is 2.63. The van der Waals surface area contributed by atoms with Crippen molar-refractivity contribution in [1.82, 2.24) is 5.32 Å². The van der Waals surface area contributed by atoms with E-state index in [1.165, 1.54) is 0 Å². The minimum atomic E-state index is -1.02. The molecule has 0 aromatic rings. The zero-order chi connectivity index (χ0) is 11.6. The normalized spacial score (nSPS) is 34.6. The Hall–Kier alpha value is -0.260. The lowest BCUT2D eigenvalue weighted by molar-refractivity contribution is -0.174. The molecule has 5 heteroatoms. The summed E-state index contributed by atoms with van der Waals surface area (Å²) in [6, 6.07) is 0. The summed E-state index contributed by atoms with van der Waals surface area (Å²) in [5.74, 6) is 0.894. The van der Waals surface area contributed by atoms with E-state index in [0.717, 1.165) is 24.5 Å². The molecule has 92 valence electrons. The van der Waals surface area contributed by atoms with Crippen LogP contribution < -0.4 is 5.32 Å². The van der Waals surface area contributed by atoms with Crippen LogP contribution in [0.15, 0.2) is 0 Å². The van der Waals surface area contributed by atoms with Crippen molar-refractivity contribution in [2.24, 2.45) is 5.41 Å². The zero-order valence-corrected chi connectivity index (χ0v) is 10.2. The number of hydrogen-bond acceptors (Lipinski definition) is 4. The van der Waals surface area contributed by atoms with Gasteiger partial charge < -0.3 is 15.5 Å². The number of aliphatic hydroxyl groups is 1. The number of carboxylic acids is 1. The van der Waals surface area contributed by atoms with Crippen LogP contribution in [0.5, 0.6) is 0 Å². The average molecular weight is 245 g/mol. The predicted octanol–water partition coefficient (Wildman–Crippen LogP) is 0.699. The maximum absolute atomic E-state index is 11.6. The lowest BCUT2D eigenvalue weighted by atomic mass is 9.64. The molecule has 0 bridgehead atoms. The molecule has 2 aliphatic rings. The highest BCUT2D eigenvalue weighted by Gasteiger charge is 2.56. The first-order chi connectivity index (χ1) is 7.61. The van der Waals surface area contributed by atoms with E-state index in [-0.39, 0.29) is 0 Å². The van der Waals surface area contributed by atoms with Crippen LogP contribution in [0.3, 0.4) is 0 Å². The van der Waals surface area contributed by atoms with Gasteiger partial charge in [-0.2, -0.15) is 11.8 Å². The van der Waals surface area contributed by atoms with Gasteiger partial charge in [-0.15, -0.1) is 0 Å². The number of thioether (sulfide) groups is 1. The molecular weight excluding hydrogens is 226 g/mol. The summed E-state index contributed by atoms with van der Waals surface area (Å²) >= 11 is 1.80. The van der Waals surface area contributed by atoms with Crippen molar-refractivity contribution < 1.29 is 15.0 Å². The number of carboxylic acid groups (broad SMARTS) is 1. The molecule has 1 unspecified atom stereocenters. The molecule has 1 atom stereocenters. The fourth-order valence-corrected chi connectivity index (χ4v) is 4.04. The standard InChI is InChI=1S/C11H19NO3S/c13-9(14)10(2-1-5-12-8-10)11(15)3-6-16-7-4-11/h12,15H,1-8H2,(H,13,14). The van der Waals surface area contributed by atoms with Crippen molar-refractivity contribution in [3.05, 3.63) is 0 Å². The third kappa shape index (κ3) is 1.85. The monoisotopic (exact) mass is 245 g/mol. The molecule has 2 fully saturated rings. The lowest BCUT2D eigenvalue weighted by Crippen LogP contribution is -2.61. The number of rotatable bonds is 2. The van der Waals surface area contributed by atoms with Crippen LogP contribution in [-0.2, 0) is 4.79 Å². The smallest absolute Gasteiger partial charge is 0.313 e. The Balaban J connectivity index is 2.26. The maximum atomic E-state index is 11.6. The topological polar surface area (TPSA) is 69.6 Å². The van der Waals surface area contributed by atoms with E-state index in [4.69, 9.17) is 0 Å². The van der Waals surface area contributed by atoms with Gasteiger partial charge in [0.25, 0.3) is 0 Å². The van der Waals surface area contributed by atoms with Gasteiger partial charge in [-0.05, 0) is 43.7 Å². The van der Waals surface area contributed by atoms with Crippen molar-refractivity contribution in [1.29, 1.82) is 0 Å². The van der Waals surface area contributed by atoms with Crippen LogP contribution in [0.1, 0.15) is 25.7 Å². The van der Waals surface area contributed by atoms with Gasteiger partial charge in [0, 0.05) is 6.54 Å². The highest BCUT2D eigenvalue weighted by Crippen LogP contribution is 2.45. The molecule has 0 spiro atoms. The molecule has 0 radical (unpaired) electrons. The first-order valence-corrected chi connectivity index (χ1v) is 7.00. The van der Waals surface area contributed by atoms with E-state index in [1.54, 1.807) is 11.8 Å². The van der Waals surface area contributed by atoms with Crippen molar-refractivity contribution in [3.8, 4) is 0 Å². The van der Waals surface area contributed by atoms with Crippen LogP contribution >= 0.6 is 11.8 Å². The van der Waals surface area contributed by atoms with Crippen LogP contribution in [0.2, 0.25) is 0 Å². The predicted molar refractivity (Wildman–Crippen MR) is 63.7 cm³/mol. The van der Waals surface area contributed by atoms with Gasteiger partial charge in [-0.1, -0.05) is 0 Å². The summed E-state index contributed by atoms with van der Waals surface area (Å²) in [6.45, 7) is 1.27. The second-order valence-corrected chi connectivity index (χ2v) is 6.04. The van der Waals surface area contributed by atoms with Gasteiger partial charge in [-0.25, -0.2) is 0 Å². The molecule has 2 heterocycles. The van der Waals surface area contributed by atoms with Crippen molar-refractivity contribution in [3.63, 3.8) is 0 Å². The fourth-order valence-electron chi connectivity index (χ4n) is 2.87. The summed E-state index contributed by atoms with van der Waals surface area (Å²) in [7, 11) is 0. The van der Waals surface area contributed by atoms with Crippen LogP contribution in [-0.4, -0.2) is 46.4 Å².